The molecule has 96 valence electrons. The van der Waals surface area contributed by atoms with Gasteiger partial charge in [-0.3, -0.25) is 0 Å². The van der Waals surface area contributed by atoms with Crippen molar-refractivity contribution in [1.82, 2.24) is 9.71 Å². The van der Waals surface area contributed by atoms with Gasteiger partial charge in [-0.15, -0.1) is 0 Å². The molecule has 1 aromatic rings. The predicted molar refractivity (Wildman–Crippen MR) is 65.4 cm³/mol. The zero-order valence-corrected chi connectivity index (χ0v) is 11.0. The zero-order chi connectivity index (χ0) is 12.9. The maximum Gasteiger partial charge on any atom is 0.242 e. The van der Waals surface area contributed by atoms with Crippen LogP contribution in [-0.2, 0) is 10.0 Å². The highest BCUT2D eigenvalue weighted by molar-refractivity contribution is 7.89. The SMILES string of the molecule is CC(CCCO)NS(=O)(=O)c1ccc(Cl)nc1. The van der Waals surface area contributed by atoms with Crippen molar-refractivity contribution >= 4 is 21.6 Å². The highest BCUT2D eigenvalue weighted by Gasteiger charge is 2.17. The summed E-state index contributed by atoms with van der Waals surface area (Å²) in [5.41, 5.74) is 0. The molecule has 5 nitrogen and oxygen atoms in total. The van der Waals surface area contributed by atoms with E-state index in [0.29, 0.717) is 12.8 Å². The monoisotopic (exact) mass is 278 g/mol. The molecule has 0 aliphatic carbocycles. The van der Waals surface area contributed by atoms with E-state index in [9.17, 15) is 8.42 Å². The van der Waals surface area contributed by atoms with Crippen LogP contribution in [0.15, 0.2) is 23.2 Å². The summed E-state index contributed by atoms with van der Waals surface area (Å²) in [6, 6.07) is 2.59. The average Bonchev–Trinajstić information content (AvgIpc) is 2.26. The number of aliphatic hydroxyl groups excluding tert-OH is 1. The molecule has 2 N–H and O–H groups in total. The molecule has 1 heterocycles. The molecule has 1 atom stereocenters. The van der Waals surface area contributed by atoms with Gasteiger partial charge in [-0.1, -0.05) is 11.6 Å². The lowest BCUT2D eigenvalue weighted by Crippen LogP contribution is -2.32. The van der Waals surface area contributed by atoms with Crippen molar-refractivity contribution < 1.29 is 13.5 Å². The molecule has 0 bridgehead atoms. The normalized spacial score (nSPS) is 13.6. The molecular weight excluding hydrogens is 264 g/mol. The van der Waals surface area contributed by atoms with Crippen LogP contribution in [0.2, 0.25) is 5.15 Å². The fourth-order valence-corrected chi connectivity index (χ4v) is 2.64. The molecule has 1 rings (SSSR count). The number of aliphatic hydroxyl groups is 1. The summed E-state index contributed by atoms with van der Waals surface area (Å²) in [5, 5.41) is 8.91. The molecule has 0 aromatic carbocycles. The van der Waals surface area contributed by atoms with Crippen molar-refractivity contribution in [3.63, 3.8) is 0 Å². The van der Waals surface area contributed by atoms with Crippen LogP contribution in [0.4, 0.5) is 0 Å². The lowest BCUT2D eigenvalue weighted by atomic mass is 10.2. The lowest BCUT2D eigenvalue weighted by Gasteiger charge is -2.13. The largest absolute Gasteiger partial charge is 0.396 e. The van der Waals surface area contributed by atoms with Crippen LogP contribution in [0, 0.1) is 0 Å². The van der Waals surface area contributed by atoms with E-state index in [1.165, 1.54) is 18.3 Å². The molecule has 0 radical (unpaired) electrons. The van der Waals surface area contributed by atoms with Crippen LogP contribution in [0.25, 0.3) is 0 Å². The molecule has 17 heavy (non-hydrogen) atoms. The van der Waals surface area contributed by atoms with Gasteiger partial charge in [0.2, 0.25) is 10.0 Å². The van der Waals surface area contributed by atoms with Gasteiger partial charge in [-0.05, 0) is 31.9 Å². The highest BCUT2D eigenvalue weighted by Crippen LogP contribution is 2.11. The van der Waals surface area contributed by atoms with Crippen LogP contribution in [0.3, 0.4) is 0 Å². The summed E-state index contributed by atoms with van der Waals surface area (Å²) in [7, 11) is -3.56. The summed E-state index contributed by atoms with van der Waals surface area (Å²) in [6.45, 7) is 1.80. The molecule has 0 aliphatic heterocycles. The second kappa shape index (κ2) is 6.30. The second-order valence-corrected chi connectivity index (χ2v) is 5.81. The molecule has 0 aliphatic rings. The van der Waals surface area contributed by atoms with Gasteiger partial charge in [0.25, 0.3) is 0 Å². The number of pyridine rings is 1. The van der Waals surface area contributed by atoms with Crippen LogP contribution in [0.1, 0.15) is 19.8 Å². The van der Waals surface area contributed by atoms with Crippen LogP contribution >= 0.6 is 11.6 Å². The van der Waals surface area contributed by atoms with E-state index in [1.807, 2.05) is 0 Å². The van der Waals surface area contributed by atoms with Gasteiger partial charge in [-0.25, -0.2) is 18.1 Å². The summed E-state index contributed by atoms with van der Waals surface area (Å²) in [5.74, 6) is 0. The van der Waals surface area contributed by atoms with Gasteiger partial charge >= 0.3 is 0 Å². The Morgan fingerprint density at radius 1 is 1.53 bits per heavy atom. The maximum absolute atomic E-state index is 11.9. The summed E-state index contributed by atoms with van der Waals surface area (Å²) in [4.78, 5) is 3.80. The Kier molecular flexibility index (Phi) is 5.32. The first-order valence-electron chi connectivity index (χ1n) is 5.20. The van der Waals surface area contributed by atoms with E-state index < -0.39 is 10.0 Å². The third kappa shape index (κ3) is 4.59. The number of hydrogen-bond acceptors (Lipinski definition) is 4. The summed E-state index contributed by atoms with van der Waals surface area (Å²) in [6.07, 6.45) is 2.35. The number of aromatic nitrogens is 1. The molecule has 0 amide bonds. The van der Waals surface area contributed by atoms with Gasteiger partial charge in [0, 0.05) is 18.8 Å². The van der Waals surface area contributed by atoms with Gasteiger partial charge in [0.15, 0.2) is 0 Å². The van der Waals surface area contributed by atoms with Crippen molar-refractivity contribution in [3.8, 4) is 0 Å². The molecule has 0 saturated carbocycles. The first-order chi connectivity index (χ1) is 7.95. The van der Waals surface area contributed by atoms with E-state index in [0.717, 1.165) is 0 Å². The fourth-order valence-electron chi connectivity index (χ4n) is 1.31. The molecule has 0 spiro atoms. The van der Waals surface area contributed by atoms with E-state index in [-0.39, 0.29) is 22.7 Å². The first-order valence-corrected chi connectivity index (χ1v) is 7.06. The smallest absolute Gasteiger partial charge is 0.242 e. The van der Waals surface area contributed by atoms with Crippen molar-refractivity contribution in [2.24, 2.45) is 0 Å². The quantitative estimate of drug-likeness (QED) is 0.766. The van der Waals surface area contributed by atoms with Crippen molar-refractivity contribution in [2.75, 3.05) is 6.61 Å². The number of hydrogen-bond donors (Lipinski definition) is 2. The lowest BCUT2D eigenvalue weighted by molar-refractivity contribution is 0.279. The minimum Gasteiger partial charge on any atom is -0.396 e. The van der Waals surface area contributed by atoms with E-state index in [1.54, 1.807) is 6.92 Å². The molecular formula is C10H15ClN2O3S. The van der Waals surface area contributed by atoms with Gasteiger partial charge in [0.05, 0.1) is 0 Å². The third-order valence-corrected chi connectivity index (χ3v) is 3.96. The summed E-state index contributed by atoms with van der Waals surface area (Å²) >= 11 is 5.58. The van der Waals surface area contributed by atoms with Gasteiger partial charge < -0.3 is 5.11 Å². The maximum atomic E-state index is 11.9. The first kappa shape index (κ1) is 14.4. The molecule has 1 aromatic heterocycles. The Morgan fingerprint density at radius 3 is 2.76 bits per heavy atom. The van der Waals surface area contributed by atoms with Gasteiger partial charge in [-0.2, -0.15) is 0 Å². The minimum atomic E-state index is -3.56. The number of rotatable bonds is 6. The number of sulfonamides is 1. The second-order valence-electron chi connectivity index (χ2n) is 3.70. The van der Waals surface area contributed by atoms with Crippen molar-refractivity contribution in [3.05, 3.63) is 23.5 Å². The van der Waals surface area contributed by atoms with Crippen LogP contribution < -0.4 is 4.72 Å². The van der Waals surface area contributed by atoms with E-state index in [2.05, 4.69) is 9.71 Å². The van der Waals surface area contributed by atoms with Crippen molar-refractivity contribution in [2.45, 2.75) is 30.7 Å². The Morgan fingerprint density at radius 2 is 2.24 bits per heavy atom. The topological polar surface area (TPSA) is 79.3 Å². The van der Waals surface area contributed by atoms with Gasteiger partial charge in [0.1, 0.15) is 10.0 Å². The van der Waals surface area contributed by atoms with Crippen LogP contribution in [0.5, 0.6) is 0 Å². The van der Waals surface area contributed by atoms with E-state index >= 15 is 0 Å². The van der Waals surface area contributed by atoms with Crippen LogP contribution in [-0.4, -0.2) is 31.2 Å². The number of nitrogens with zero attached hydrogens (tertiary/aromatic N) is 1. The minimum absolute atomic E-state index is 0.0502. The molecule has 7 heteroatoms. The predicted octanol–water partition coefficient (Wildman–Crippen LogP) is 1.17. The Hall–Kier alpha value is -0.690. The number of halogens is 1. The molecule has 1 unspecified atom stereocenters. The van der Waals surface area contributed by atoms with E-state index in [4.69, 9.17) is 16.7 Å². The Labute approximate surface area is 106 Å². The molecule has 0 fully saturated rings. The Balaban J connectivity index is 2.71. The average molecular weight is 279 g/mol. The number of nitrogens with one attached hydrogen (secondary N) is 1. The zero-order valence-electron chi connectivity index (χ0n) is 9.43. The fraction of sp³-hybridized carbons (Fsp3) is 0.500. The molecule has 0 saturated heterocycles. The Bertz CT molecular complexity index is 447. The standard InChI is InChI=1S/C10H15ClN2O3S/c1-8(3-2-6-14)13-17(15,16)9-4-5-10(11)12-7-9/h4-5,7-8,13-14H,2-3,6H2,1H3. The summed E-state index contributed by atoms with van der Waals surface area (Å²) < 4.78 is 26.2. The highest BCUT2D eigenvalue weighted by atomic mass is 35.5. The van der Waals surface area contributed by atoms with Crippen molar-refractivity contribution in [1.29, 1.82) is 0 Å². The third-order valence-electron chi connectivity index (χ3n) is 2.16.